The second-order valence-electron chi connectivity index (χ2n) is 4.47. The van der Waals surface area contributed by atoms with Crippen molar-refractivity contribution in [2.45, 2.75) is 28.3 Å². The summed E-state index contributed by atoms with van der Waals surface area (Å²) in [4.78, 5) is 47.4. The molecule has 1 unspecified atom stereocenters. The molecule has 0 spiro atoms. The lowest BCUT2D eigenvalue weighted by Gasteiger charge is -2.45. The highest BCUT2D eigenvalue weighted by Gasteiger charge is 2.54. The van der Waals surface area contributed by atoms with Crippen LogP contribution >= 0.6 is 46.4 Å². The number of likely N-dealkylation sites (tertiary alicyclic amines) is 1. The average molecular weight is 410 g/mol. The van der Waals surface area contributed by atoms with Crippen molar-refractivity contribution in [2.75, 3.05) is 13.7 Å². The van der Waals surface area contributed by atoms with Gasteiger partial charge in [0.05, 0.1) is 7.11 Å². The van der Waals surface area contributed by atoms with Crippen LogP contribution < -0.4 is 5.32 Å². The molecule has 2 amide bonds. The molecule has 0 radical (unpaired) electrons. The van der Waals surface area contributed by atoms with Crippen molar-refractivity contribution in [1.82, 2.24) is 10.2 Å². The summed E-state index contributed by atoms with van der Waals surface area (Å²) in [5.74, 6) is -2.32. The molecule has 1 aliphatic heterocycles. The second kappa shape index (κ2) is 7.74. The van der Waals surface area contributed by atoms with E-state index in [2.05, 4.69) is 14.8 Å². The molecule has 1 heterocycles. The summed E-state index contributed by atoms with van der Waals surface area (Å²) < 4.78 is 7.23. The van der Waals surface area contributed by atoms with E-state index in [1.54, 1.807) is 0 Å². The van der Waals surface area contributed by atoms with Crippen LogP contribution in [-0.4, -0.2) is 63.7 Å². The van der Waals surface area contributed by atoms with Gasteiger partial charge in [-0.25, -0.2) is 9.59 Å². The maximum Gasteiger partial charge on any atom is 0.408 e. The maximum absolute atomic E-state index is 12.0. The first-order valence-corrected chi connectivity index (χ1v) is 7.61. The molecule has 1 N–H and O–H groups in total. The van der Waals surface area contributed by atoms with Crippen LogP contribution in [0.1, 0.15) is 6.92 Å². The first-order chi connectivity index (χ1) is 10.5. The molecule has 0 aromatic rings. The Morgan fingerprint density at radius 1 is 1.35 bits per heavy atom. The van der Waals surface area contributed by atoms with E-state index in [1.165, 1.54) is 0 Å². The highest BCUT2D eigenvalue weighted by atomic mass is 35.6. The van der Waals surface area contributed by atoms with Crippen molar-refractivity contribution in [2.24, 2.45) is 0 Å². The number of hydrogen-bond donors (Lipinski definition) is 1. The number of amides is 2. The van der Waals surface area contributed by atoms with Gasteiger partial charge in [0.1, 0.15) is 18.1 Å². The largest absolute Gasteiger partial charge is 0.467 e. The number of nitrogens with one attached hydrogen (secondary N) is 1. The molecule has 0 aromatic carbocycles. The molecule has 1 aliphatic rings. The highest BCUT2D eigenvalue weighted by molar-refractivity contribution is 6.67. The Labute approximate surface area is 151 Å². The monoisotopic (exact) mass is 408 g/mol. The molecule has 1 fully saturated rings. The standard InChI is InChI=1S/C11H12Cl4N2O6/c1-4(18)6(9(20)22-2)17-7(12)5(8(17)19)16-10(21)23-3-11(13,14)15/h5-7H,3H2,1-2H3,(H,16,21)/t5-,6?,7+/m1/s1. The Kier molecular flexibility index (Phi) is 6.76. The van der Waals surface area contributed by atoms with Gasteiger partial charge in [-0.1, -0.05) is 46.4 Å². The molecule has 1 saturated heterocycles. The number of alkyl carbamates (subject to hydrolysis) is 1. The van der Waals surface area contributed by atoms with Gasteiger partial charge in [-0.3, -0.25) is 9.59 Å². The van der Waals surface area contributed by atoms with E-state index in [-0.39, 0.29) is 0 Å². The van der Waals surface area contributed by atoms with Crippen molar-refractivity contribution in [3.8, 4) is 0 Å². The van der Waals surface area contributed by atoms with E-state index in [1.807, 2.05) is 0 Å². The number of hydrogen-bond acceptors (Lipinski definition) is 6. The smallest absolute Gasteiger partial charge is 0.408 e. The predicted octanol–water partition coefficient (Wildman–Crippen LogP) is 0.989. The van der Waals surface area contributed by atoms with Crippen LogP contribution in [-0.2, 0) is 23.9 Å². The lowest BCUT2D eigenvalue weighted by molar-refractivity contribution is -0.165. The minimum atomic E-state index is -1.81. The van der Waals surface area contributed by atoms with Crippen molar-refractivity contribution >= 4 is 70.2 Å². The maximum atomic E-state index is 12.0. The van der Waals surface area contributed by atoms with Gasteiger partial charge >= 0.3 is 12.1 Å². The molecule has 23 heavy (non-hydrogen) atoms. The first-order valence-electron chi connectivity index (χ1n) is 6.04. The molecular weight excluding hydrogens is 398 g/mol. The number of β-lactam (4-membered cyclic amide) rings is 1. The van der Waals surface area contributed by atoms with Gasteiger partial charge < -0.3 is 19.7 Å². The summed E-state index contributed by atoms with van der Waals surface area (Å²) in [6.45, 7) is 0.563. The van der Waals surface area contributed by atoms with Gasteiger partial charge in [-0.05, 0) is 6.92 Å². The molecule has 0 saturated carbocycles. The lowest BCUT2D eigenvalue weighted by Crippen LogP contribution is -2.73. The molecule has 12 heteroatoms. The van der Waals surface area contributed by atoms with Crippen molar-refractivity contribution in [1.29, 1.82) is 0 Å². The number of Topliss-reactive ketones (excluding diaryl/α,β-unsaturated/α-hetero) is 1. The Balaban J connectivity index is 2.67. The van der Waals surface area contributed by atoms with Gasteiger partial charge in [0.25, 0.3) is 5.91 Å². The number of nitrogens with zero attached hydrogens (tertiary/aromatic N) is 1. The van der Waals surface area contributed by atoms with Crippen LogP contribution in [0.4, 0.5) is 4.79 Å². The summed E-state index contributed by atoms with van der Waals surface area (Å²) in [5, 5.41) is 2.15. The van der Waals surface area contributed by atoms with E-state index >= 15 is 0 Å². The van der Waals surface area contributed by atoms with Crippen LogP contribution in [0.15, 0.2) is 0 Å². The minimum Gasteiger partial charge on any atom is -0.467 e. The summed E-state index contributed by atoms with van der Waals surface area (Å²) in [6, 6.07) is -2.67. The third-order valence-electron chi connectivity index (χ3n) is 2.79. The SMILES string of the molecule is COC(=O)C(C(C)=O)N1C(=O)[C@H](NC(=O)OCC(Cl)(Cl)Cl)[C@H]1Cl. The molecule has 0 bridgehead atoms. The number of ether oxygens (including phenoxy) is 2. The zero-order valence-corrected chi connectivity index (χ0v) is 14.9. The molecular formula is C11H12Cl4N2O6. The van der Waals surface area contributed by atoms with Gasteiger partial charge in [0.15, 0.2) is 11.8 Å². The normalized spacial score (nSPS) is 22.0. The van der Waals surface area contributed by atoms with E-state index in [0.29, 0.717) is 0 Å². The quantitative estimate of drug-likeness (QED) is 0.239. The summed E-state index contributed by atoms with van der Waals surface area (Å²) >= 11 is 22.2. The molecule has 130 valence electrons. The van der Waals surface area contributed by atoms with Gasteiger partial charge in [-0.15, -0.1) is 0 Å². The molecule has 8 nitrogen and oxygen atoms in total. The van der Waals surface area contributed by atoms with E-state index in [9.17, 15) is 19.2 Å². The number of ketones is 1. The predicted molar refractivity (Wildman–Crippen MR) is 81.5 cm³/mol. The van der Waals surface area contributed by atoms with E-state index in [0.717, 1.165) is 18.9 Å². The topological polar surface area (TPSA) is 102 Å². The first kappa shape index (κ1) is 20.1. The third-order valence-corrected chi connectivity index (χ3v) is 3.58. The Bertz CT molecular complexity index is 523. The number of methoxy groups -OCH3 is 1. The zero-order chi connectivity index (χ0) is 17.9. The average Bonchev–Trinajstić information content (AvgIpc) is 2.45. The van der Waals surface area contributed by atoms with Crippen molar-refractivity contribution in [3.05, 3.63) is 0 Å². The number of halogens is 4. The van der Waals surface area contributed by atoms with Gasteiger partial charge in [0.2, 0.25) is 3.79 Å². The Hall–Kier alpha value is -0.960. The summed E-state index contributed by atoms with van der Waals surface area (Å²) in [6.07, 6.45) is -1.04. The number of esters is 1. The fourth-order valence-corrected chi connectivity index (χ4v) is 2.32. The fraction of sp³-hybridized carbons (Fsp3) is 0.636. The molecule has 0 aromatic heterocycles. The van der Waals surface area contributed by atoms with Crippen LogP contribution in [0.25, 0.3) is 0 Å². The van der Waals surface area contributed by atoms with E-state index in [4.69, 9.17) is 46.4 Å². The van der Waals surface area contributed by atoms with Crippen LogP contribution in [0.3, 0.4) is 0 Å². The second-order valence-corrected chi connectivity index (χ2v) is 7.43. The highest BCUT2D eigenvalue weighted by Crippen LogP contribution is 2.28. The van der Waals surface area contributed by atoms with Crippen LogP contribution in [0.2, 0.25) is 0 Å². The van der Waals surface area contributed by atoms with Gasteiger partial charge in [0, 0.05) is 0 Å². The summed E-state index contributed by atoms with van der Waals surface area (Å²) in [5.41, 5.74) is -1.14. The van der Waals surface area contributed by atoms with Crippen molar-refractivity contribution < 1.29 is 28.7 Å². The lowest BCUT2D eigenvalue weighted by atomic mass is 10.0. The van der Waals surface area contributed by atoms with E-state index < -0.39 is 51.7 Å². The minimum absolute atomic E-state index is 0.542. The van der Waals surface area contributed by atoms with Crippen molar-refractivity contribution in [3.63, 3.8) is 0 Å². The number of carbonyl (C=O) groups is 4. The Morgan fingerprint density at radius 3 is 2.30 bits per heavy atom. The zero-order valence-electron chi connectivity index (χ0n) is 11.8. The molecule has 0 aliphatic carbocycles. The van der Waals surface area contributed by atoms with Crippen LogP contribution in [0.5, 0.6) is 0 Å². The summed E-state index contributed by atoms with van der Waals surface area (Å²) in [7, 11) is 1.07. The van der Waals surface area contributed by atoms with Gasteiger partial charge in [-0.2, -0.15) is 0 Å². The molecule has 3 atom stereocenters. The number of rotatable bonds is 5. The van der Waals surface area contributed by atoms with Crippen LogP contribution in [0, 0.1) is 0 Å². The Morgan fingerprint density at radius 2 is 1.91 bits per heavy atom. The fourth-order valence-electron chi connectivity index (χ4n) is 1.78. The number of alkyl halides is 4. The third kappa shape index (κ3) is 5.00. The number of carbonyl (C=O) groups excluding carboxylic acids is 4. The molecule has 1 rings (SSSR count).